The third-order valence-electron chi connectivity index (χ3n) is 1.41. The van der Waals surface area contributed by atoms with E-state index in [4.69, 9.17) is 11.6 Å². The molecule has 1 aliphatic heterocycles. The van der Waals surface area contributed by atoms with Crippen molar-refractivity contribution in [3.63, 3.8) is 0 Å². The Labute approximate surface area is 54.9 Å². The largest absolute Gasteiger partial charge is 0.377 e. The van der Waals surface area contributed by atoms with Gasteiger partial charge < -0.3 is 4.90 Å². The van der Waals surface area contributed by atoms with Crippen LogP contribution in [0.1, 0.15) is 12.8 Å². The Morgan fingerprint density at radius 1 is 1.25 bits per heavy atom. The van der Waals surface area contributed by atoms with E-state index in [0.29, 0.717) is 0 Å². The summed E-state index contributed by atoms with van der Waals surface area (Å²) in [5.41, 5.74) is 1.57. The third kappa shape index (κ3) is 1.41. The smallest absolute Gasteiger partial charge is 0.0202 e. The molecule has 8 heavy (non-hydrogen) atoms. The Hall–Kier alpha value is -0.170. The first-order valence-electron chi connectivity index (χ1n) is 2.94. The summed E-state index contributed by atoms with van der Waals surface area (Å²) in [5, 5.41) is 0. The molecule has 0 atom stereocenters. The van der Waals surface area contributed by atoms with Crippen molar-refractivity contribution in [1.82, 2.24) is 4.90 Å². The standard InChI is InChI=1S/C6H10ClN/c7-3-6-8-4-1-2-5-8/h3,6H,1-2,4-5H2. The highest BCUT2D eigenvalue weighted by molar-refractivity contribution is 6.25. The monoisotopic (exact) mass is 131 g/mol. The molecule has 1 rings (SSSR count). The van der Waals surface area contributed by atoms with Crippen LogP contribution in [-0.4, -0.2) is 18.0 Å². The first-order chi connectivity index (χ1) is 3.93. The normalized spacial score (nSPS) is 20.9. The van der Waals surface area contributed by atoms with E-state index < -0.39 is 0 Å². The highest BCUT2D eigenvalue weighted by atomic mass is 35.5. The van der Waals surface area contributed by atoms with Crippen molar-refractivity contribution in [1.29, 1.82) is 0 Å². The first kappa shape index (κ1) is 5.96. The maximum atomic E-state index is 5.36. The molecular weight excluding hydrogens is 122 g/mol. The van der Waals surface area contributed by atoms with Gasteiger partial charge in [0.25, 0.3) is 0 Å². The van der Waals surface area contributed by atoms with Crippen molar-refractivity contribution in [3.8, 4) is 0 Å². The number of likely N-dealkylation sites (tertiary alicyclic amines) is 1. The fraction of sp³-hybridized carbons (Fsp3) is 0.667. The van der Waals surface area contributed by atoms with Crippen LogP contribution in [-0.2, 0) is 0 Å². The molecule has 0 aromatic carbocycles. The van der Waals surface area contributed by atoms with E-state index in [1.165, 1.54) is 25.9 Å². The van der Waals surface area contributed by atoms with E-state index in [1.807, 2.05) is 6.20 Å². The lowest BCUT2D eigenvalue weighted by Crippen LogP contribution is -2.09. The Morgan fingerprint density at radius 3 is 2.38 bits per heavy atom. The molecule has 0 spiro atoms. The zero-order valence-corrected chi connectivity index (χ0v) is 5.56. The fourth-order valence-electron chi connectivity index (χ4n) is 0.970. The lowest BCUT2D eigenvalue weighted by atomic mass is 10.4. The van der Waals surface area contributed by atoms with Crippen molar-refractivity contribution in [2.24, 2.45) is 0 Å². The van der Waals surface area contributed by atoms with Gasteiger partial charge in [-0.1, -0.05) is 11.6 Å². The maximum Gasteiger partial charge on any atom is 0.0202 e. The first-order valence-corrected chi connectivity index (χ1v) is 3.38. The maximum absolute atomic E-state index is 5.36. The molecule has 1 heterocycles. The summed E-state index contributed by atoms with van der Waals surface area (Å²) in [7, 11) is 0. The molecule has 0 amide bonds. The molecule has 1 fully saturated rings. The number of hydrogen-bond acceptors (Lipinski definition) is 1. The summed E-state index contributed by atoms with van der Waals surface area (Å²) in [6.07, 6.45) is 4.58. The topological polar surface area (TPSA) is 3.24 Å². The van der Waals surface area contributed by atoms with Crippen LogP contribution in [0, 0.1) is 0 Å². The molecule has 0 radical (unpaired) electrons. The molecule has 0 bridgehead atoms. The highest BCUT2D eigenvalue weighted by Crippen LogP contribution is 2.06. The Balaban J connectivity index is 2.24. The van der Waals surface area contributed by atoms with Crippen LogP contribution >= 0.6 is 11.6 Å². The van der Waals surface area contributed by atoms with Crippen molar-refractivity contribution in [3.05, 3.63) is 11.7 Å². The van der Waals surface area contributed by atoms with Gasteiger partial charge in [0.1, 0.15) is 0 Å². The molecule has 0 N–H and O–H groups in total. The highest BCUT2D eigenvalue weighted by Gasteiger charge is 2.04. The molecule has 0 aromatic rings. The lowest BCUT2D eigenvalue weighted by molar-refractivity contribution is 0.469. The molecule has 1 saturated heterocycles. The number of hydrogen-bond donors (Lipinski definition) is 0. The summed E-state index contributed by atoms with van der Waals surface area (Å²) in [6.45, 7) is 2.37. The summed E-state index contributed by atoms with van der Waals surface area (Å²) < 4.78 is 0. The second-order valence-corrected chi connectivity index (χ2v) is 2.27. The van der Waals surface area contributed by atoms with Crippen molar-refractivity contribution in [2.45, 2.75) is 12.8 Å². The van der Waals surface area contributed by atoms with Crippen LogP contribution in [0.25, 0.3) is 0 Å². The second-order valence-electron chi connectivity index (χ2n) is 2.02. The van der Waals surface area contributed by atoms with E-state index in [0.717, 1.165) is 0 Å². The van der Waals surface area contributed by atoms with Gasteiger partial charge in [-0.25, -0.2) is 0 Å². The summed E-state index contributed by atoms with van der Waals surface area (Å²) in [5.74, 6) is 0. The third-order valence-corrected chi connectivity index (χ3v) is 1.52. The van der Waals surface area contributed by atoms with Crippen LogP contribution in [0.4, 0.5) is 0 Å². The van der Waals surface area contributed by atoms with E-state index in [-0.39, 0.29) is 0 Å². The molecule has 1 aliphatic rings. The minimum atomic E-state index is 1.18. The van der Waals surface area contributed by atoms with Crippen LogP contribution in [0.5, 0.6) is 0 Å². The van der Waals surface area contributed by atoms with Crippen LogP contribution in [0.2, 0.25) is 0 Å². The zero-order valence-electron chi connectivity index (χ0n) is 4.81. The molecule has 0 aromatic heterocycles. The average Bonchev–Trinajstić information content (AvgIpc) is 2.19. The van der Waals surface area contributed by atoms with E-state index in [2.05, 4.69) is 4.90 Å². The SMILES string of the molecule is ClC=CN1CCCC1. The molecule has 0 unspecified atom stereocenters. The van der Waals surface area contributed by atoms with Crippen LogP contribution in [0.15, 0.2) is 11.7 Å². The predicted molar refractivity (Wildman–Crippen MR) is 35.8 cm³/mol. The zero-order chi connectivity index (χ0) is 5.82. The van der Waals surface area contributed by atoms with Gasteiger partial charge in [0, 0.05) is 24.8 Å². The lowest BCUT2D eigenvalue weighted by Gasteiger charge is -2.07. The van der Waals surface area contributed by atoms with Gasteiger partial charge in [-0.05, 0) is 12.8 Å². The number of halogens is 1. The van der Waals surface area contributed by atoms with Crippen LogP contribution < -0.4 is 0 Å². The van der Waals surface area contributed by atoms with Crippen molar-refractivity contribution in [2.75, 3.05) is 13.1 Å². The van der Waals surface area contributed by atoms with E-state index in [9.17, 15) is 0 Å². The van der Waals surface area contributed by atoms with Crippen molar-refractivity contribution < 1.29 is 0 Å². The second kappa shape index (κ2) is 2.98. The minimum Gasteiger partial charge on any atom is -0.377 e. The van der Waals surface area contributed by atoms with Gasteiger partial charge in [-0.15, -0.1) is 0 Å². The Kier molecular flexibility index (Phi) is 2.22. The van der Waals surface area contributed by atoms with Gasteiger partial charge in [-0.2, -0.15) is 0 Å². The number of rotatable bonds is 1. The molecule has 2 heteroatoms. The summed E-state index contributed by atoms with van der Waals surface area (Å²) >= 11 is 5.36. The Bertz CT molecular complexity index is 84.5. The van der Waals surface area contributed by atoms with Gasteiger partial charge in [-0.3, -0.25) is 0 Å². The predicted octanol–water partition coefficient (Wildman–Crippen LogP) is 1.79. The molecule has 0 aliphatic carbocycles. The average molecular weight is 132 g/mol. The quantitative estimate of drug-likeness (QED) is 0.525. The van der Waals surface area contributed by atoms with Gasteiger partial charge in [0.2, 0.25) is 0 Å². The summed E-state index contributed by atoms with van der Waals surface area (Å²) in [4.78, 5) is 2.23. The van der Waals surface area contributed by atoms with Gasteiger partial charge >= 0.3 is 0 Å². The molecular formula is C6H10ClN. The Morgan fingerprint density at radius 2 is 1.88 bits per heavy atom. The fourth-order valence-corrected chi connectivity index (χ4v) is 1.13. The van der Waals surface area contributed by atoms with E-state index >= 15 is 0 Å². The van der Waals surface area contributed by atoms with Crippen LogP contribution in [0.3, 0.4) is 0 Å². The van der Waals surface area contributed by atoms with E-state index in [1.54, 1.807) is 5.54 Å². The summed E-state index contributed by atoms with van der Waals surface area (Å²) in [6, 6.07) is 0. The van der Waals surface area contributed by atoms with Gasteiger partial charge in [0.15, 0.2) is 0 Å². The van der Waals surface area contributed by atoms with Gasteiger partial charge in [0.05, 0.1) is 0 Å². The molecule has 1 nitrogen and oxygen atoms in total. The molecule has 0 saturated carbocycles. The number of nitrogens with zero attached hydrogens (tertiary/aromatic N) is 1. The minimum absolute atomic E-state index is 1.18. The van der Waals surface area contributed by atoms with Crippen molar-refractivity contribution >= 4 is 11.6 Å². The molecule has 46 valence electrons.